The van der Waals surface area contributed by atoms with E-state index < -0.39 is 0 Å². The Balaban J connectivity index is 1.62. The minimum Gasteiger partial charge on any atom is -0.352 e. The van der Waals surface area contributed by atoms with Gasteiger partial charge in [-0.15, -0.1) is 6.58 Å². The fourth-order valence-electron chi connectivity index (χ4n) is 2.99. The molecule has 1 aromatic carbocycles. The Kier molecular flexibility index (Phi) is 5.83. The molecular weight excluding hydrogens is 340 g/mol. The molecule has 1 atom stereocenters. The third-order valence-corrected chi connectivity index (χ3v) is 4.57. The van der Waals surface area contributed by atoms with Crippen molar-refractivity contribution in [1.29, 1.82) is 0 Å². The van der Waals surface area contributed by atoms with Crippen molar-refractivity contribution in [3.8, 4) is 11.4 Å². The van der Waals surface area contributed by atoms with E-state index in [0.717, 1.165) is 24.9 Å². The van der Waals surface area contributed by atoms with E-state index in [2.05, 4.69) is 26.9 Å². The van der Waals surface area contributed by atoms with Crippen LogP contribution in [0, 0.1) is 5.92 Å². The number of benzene rings is 1. The largest absolute Gasteiger partial charge is 0.352 e. The van der Waals surface area contributed by atoms with Crippen molar-refractivity contribution in [2.75, 3.05) is 19.6 Å². The Morgan fingerprint density at radius 3 is 3.12 bits per heavy atom. The number of halogens is 1. The highest BCUT2D eigenvalue weighted by Crippen LogP contribution is 2.25. The van der Waals surface area contributed by atoms with Gasteiger partial charge in [-0.2, -0.15) is 4.98 Å². The molecule has 1 fully saturated rings. The monoisotopic (exact) mass is 360 g/mol. The average molecular weight is 361 g/mol. The second-order valence-electron chi connectivity index (χ2n) is 6.10. The zero-order chi connectivity index (χ0) is 17.6. The predicted molar refractivity (Wildman–Crippen MR) is 96.0 cm³/mol. The van der Waals surface area contributed by atoms with Crippen molar-refractivity contribution in [2.24, 2.45) is 5.92 Å². The van der Waals surface area contributed by atoms with E-state index in [1.165, 1.54) is 0 Å². The molecule has 0 spiro atoms. The molecule has 0 bridgehead atoms. The van der Waals surface area contributed by atoms with Crippen LogP contribution in [-0.4, -0.2) is 40.6 Å². The number of hydrogen-bond donors (Lipinski definition) is 1. The van der Waals surface area contributed by atoms with E-state index in [4.69, 9.17) is 16.1 Å². The highest BCUT2D eigenvalue weighted by atomic mass is 35.5. The number of aromatic nitrogens is 2. The normalized spacial score (nSPS) is 18.0. The smallest absolute Gasteiger partial charge is 0.241 e. The quantitative estimate of drug-likeness (QED) is 0.802. The van der Waals surface area contributed by atoms with Crippen molar-refractivity contribution in [3.05, 3.63) is 47.8 Å². The van der Waals surface area contributed by atoms with Crippen LogP contribution in [0.15, 0.2) is 41.4 Å². The summed E-state index contributed by atoms with van der Waals surface area (Å²) in [5, 5.41) is 7.48. The van der Waals surface area contributed by atoms with Gasteiger partial charge in [-0.25, -0.2) is 0 Å². The van der Waals surface area contributed by atoms with Crippen molar-refractivity contribution < 1.29 is 9.32 Å². The number of carbonyl (C=O) groups excluding carboxylic acids is 1. The molecule has 1 aromatic heterocycles. The number of piperidine rings is 1. The zero-order valence-corrected chi connectivity index (χ0v) is 14.7. The van der Waals surface area contributed by atoms with Gasteiger partial charge < -0.3 is 9.84 Å². The van der Waals surface area contributed by atoms with Crippen LogP contribution in [0.2, 0.25) is 5.02 Å². The summed E-state index contributed by atoms with van der Waals surface area (Å²) in [6, 6.07) is 7.40. The minimum absolute atomic E-state index is 0.0142. The van der Waals surface area contributed by atoms with Gasteiger partial charge in [0.2, 0.25) is 17.6 Å². The maximum atomic E-state index is 12.1. The molecule has 0 radical (unpaired) electrons. The molecule has 1 N–H and O–H groups in total. The van der Waals surface area contributed by atoms with E-state index in [9.17, 15) is 4.79 Å². The van der Waals surface area contributed by atoms with Gasteiger partial charge in [-0.05, 0) is 31.5 Å². The fraction of sp³-hybridized carbons (Fsp3) is 0.389. The van der Waals surface area contributed by atoms with Gasteiger partial charge in [0.15, 0.2) is 0 Å². The molecule has 132 valence electrons. The standard InChI is InChI=1S/C18H21ClN4O2/c1-2-9-20-18(24)13-6-5-10-23(11-13)12-16-21-17(22-25-16)14-7-3-4-8-15(14)19/h2-4,7-8,13H,1,5-6,9-12H2,(H,20,24). The van der Waals surface area contributed by atoms with Gasteiger partial charge in [-0.3, -0.25) is 9.69 Å². The van der Waals surface area contributed by atoms with Gasteiger partial charge in [0.25, 0.3) is 0 Å². The van der Waals surface area contributed by atoms with Gasteiger partial charge in [0, 0.05) is 18.7 Å². The van der Waals surface area contributed by atoms with Gasteiger partial charge in [0.05, 0.1) is 17.5 Å². The van der Waals surface area contributed by atoms with Crippen LogP contribution in [0.3, 0.4) is 0 Å². The first kappa shape index (κ1) is 17.6. The van der Waals surface area contributed by atoms with Crippen LogP contribution in [0.5, 0.6) is 0 Å². The van der Waals surface area contributed by atoms with Crippen LogP contribution in [0.1, 0.15) is 18.7 Å². The number of likely N-dealkylation sites (tertiary alicyclic amines) is 1. The Bertz CT molecular complexity index is 746. The lowest BCUT2D eigenvalue weighted by Crippen LogP contribution is -2.42. The molecule has 2 aromatic rings. The Morgan fingerprint density at radius 1 is 1.48 bits per heavy atom. The molecule has 1 aliphatic heterocycles. The van der Waals surface area contributed by atoms with E-state index in [-0.39, 0.29) is 11.8 Å². The topological polar surface area (TPSA) is 71.3 Å². The number of carbonyl (C=O) groups is 1. The average Bonchev–Trinajstić information content (AvgIpc) is 3.08. The summed E-state index contributed by atoms with van der Waals surface area (Å²) >= 11 is 6.17. The fourth-order valence-corrected chi connectivity index (χ4v) is 3.21. The van der Waals surface area contributed by atoms with E-state index in [1.807, 2.05) is 18.2 Å². The lowest BCUT2D eigenvalue weighted by molar-refractivity contribution is -0.126. The van der Waals surface area contributed by atoms with E-state index in [1.54, 1.807) is 12.1 Å². The number of hydrogen-bond acceptors (Lipinski definition) is 5. The molecule has 6 nitrogen and oxygen atoms in total. The first-order chi connectivity index (χ1) is 12.2. The number of amides is 1. The van der Waals surface area contributed by atoms with Crippen LogP contribution in [0.25, 0.3) is 11.4 Å². The molecule has 1 saturated heterocycles. The molecule has 25 heavy (non-hydrogen) atoms. The Hall–Kier alpha value is -2.18. The predicted octanol–water partition coefficient (Wildman–Crippen LogP) is 2.90. The SMILES string of the molecule is C=CCNC(=O)C1CCCN(Cc2nc(-c3ccccc3Cl)no2)C1. The highest BCUT2D eigenvalue weighted by Gasteiger charge is 2.26. The second-order valence-corrected chi connectivity index (χ2v) is 6.51. The van der Waals surface area contributed by atoms with Crippen LogP contribution < -0.4 is 5.32 Å². The van der Waals surface area contributed by atoms with E-state index in [0.29, 0.717) is 36.4 Å². The molecule has 3 rings (SSSR count). The summed E-state index contributed by atoms with van der Waals surface area (Å²) in [7, 11) is 0. The summed E-state index contributed by atoms with van der Waals surface area (Å²) in [5.41, 5.74) is 0.750. The van der Waals surface area contributed by atoms with Crippen LogP contribution in [-0.2, 0) is 11.3 Å². The summed E-state index contributed by atoms with van der Waals surface area (Å²) in [4.78, 5) is 18.7. The summed E-state index contributed by atoms with van der Waals surface area (Å²) in [6.45, 7) is 6.25. The summed E-state index contributed by atoms with van der Waals surface area (Å²) < 4.78 is 5.36. The van der Waals surface area contributed by atoms with Gasteiger partial charge in [-0.1, -0.05) is 35.0 Å². The molecule has 1 aliphatic rings. The first-order valence-corrected chi connectivity index (χ1v) is 8.73. The Morgan fingerprint density at radius 2 is 2.32 bits per heavy atom. The summed E-state index contributed by atoms with van der Waals surface area (Å²) in [5.74, 6) is 1.08. The second kappa shape index (κ2) is 8.27. The number of nitrogens with one attached hydrogen (secondary N) is 1. The van der Waals surface area contributed by atoms with Gasteiger partial charge in [0.1, 0.15) is 0 Å². The maximum absolute atomic E-state index is 12.1. The molecule has 0 aliphatic carbocycles. The number of nitrogens with zero attached hydrogens (tertiary/aromatic N) is 3. The number of rotatable bonds is 6. The first-order valence-electron chi connectivity index (χ1n) is 8.36. The lowest BCUT2D eigenvalue weighted by atomic mass is 9.97. The minimum atomic E-state index is -0.0142. The van der Waals surface area contributed by atoms with Gasteiger partial charge >= 0.3 is 0 Å². The van der Waals surface area contributed by atoms with Crippen LogP contribution in [0.4, 0.5) is 0 Å². The van der Waals surface area contributed by atoms with Crippen molar-refractivity contribution in [2.45, 2.75) is 19.4 Å². The highest BCUT2D eigenvalue weighted by molar-refractivity contribution is 6.33. The third-order valence-electron chi connectivity index (χ3n) is 4.24. The maximum Gasteiger partial charge on any atom is 0.241 e. The zero-order valence-electron chi connectivity index (χ0n) is 13.9. The van der Waals surface area contributed by atoms with E-state index >= 15 is 0 Å². The molecule has 7 heteroatoms. The third kappa shape index (κ3) is 4.46. The van der Waals surface area contributed by atoms with Crippen molar-refractivity contribution in [1.82, 2.24) is 20.4 Å². The molecule has 2 heterocycles. The van der Waals surface area contributed by atoms with Crippen LogP contribution >= 0.6 is 11.6 Å². The molecule has 1 amide bonds. The summed E-state index contributed by atoms with van der Waals surface area (Å²) in [6.07, 6.45) is 3.55. The molecule has 0 saturated carbocycles. The van der Waals surface area contributed by atoms with Crippen molar-refractivity contribution >= 4 is 17.5 Å². The molecule has 1 unspecified atom stereocenters. The Labute approximate surface area is 151 Å². The molecular formula is C18H21ClN4O2. The lowest BCUT2D eigenvalue weighted by Gasteiger charge is -2.30. The van der Waals surface area contributed by atoms with Crippen molar-refractivity contribution in [3.63, 3.8) is 0 Å².